The molecule has 0 aliphatic heterocycles. The van der Waals surface area contributed by atoms with E-state index in [9.17, 15) is 9.18 Å². The highest BCUT2D eigenvalue weighted by atomic mass is 19.1. The van der Waals surface area contributed by atoms with Gasteiger partial charge in [-0.2, -0.15) is 0 Å². The van der Waals surface area contributed by atoms with Crippen molar-refractivity contribution < 1.29 is 14.3 Å². The summed E-state index contributed by atoms with van der Waals surface area (Å²) in [6.07, 6.45) is 0.925. The second kappa shape index (κ2) is 5.49. The number of hydrogen-bond acceptors (Lipinski definition) is 2. The molecule has 3 nitrogen and oxygen atoms in total. The first-order chi connectivity index (χ1) is 7.60. The largest absolute Gasteiger partial charge is 0.478 e. The van der Waals surface area contributed by atoms with Gasteiger partial charge in [-0.25, -0.2) is 9.18 Å². The number of rotatable bonds is 5. The van der Waals surface area contributed by atoms with Crippen molar-refractivity contribution in [2.24, 2.45) is 0 Å². The molecule has 0 amide bonds. The monoisotopic (exact) mass is 225 g/mol. The van der Waals surface area contributed by atoms with Crippen molar-refractivity contribution in [3.05, 3.63) is 29.6 Å². The predicted molar refractivity (Wildman–Crippen MR) is 61.5 cm³/mol. The fraction of sp³-hybridized carbons (Fsp3) is 0.417. The summed E-state index contributed by atoms with van der Waals surface area (Å²) >= 11 is 0. The van der Waals surface area contributed by atoms with Crippen LogP contribution in [0.2, 0.25) is 0 Å². The number of carboxylic acid groups (broad SMARTS) is 1. The van der Waals surface area contributed by atoms with Crippen molar-refractivity contribution in [2.45, 2.75) is 20.3 Å². The standard InChI is InChI=1S/C12H16FNO2/c1-3-7-14(4-2)11-6-5-9(12(15)16)8-10(11)13/h5-6,8H,3-4,7H2,1-2H3,(H,15,16). The summed E-state index contributed by atoms with van der Waals surface area (Å²) in [7, 11) is 0. The highest BCUT2D eigenvalue weighted by Gasteiger charge is 2.12. The third-order valence-corrected chi connectivity index (χ3v) is 2.41. The van der Waals surface area contributed by atoms with Crippen molar-refractivity contribution in [2.75, 3.05) is 18.0 Å². The van der Waals surface area contributed by atoms with Crippen LogP contribution in [-0.2, 0) is 0 Å². The fourth-order valence-corrected chi connectivity index (χ4v) is 1.62. The molecular weight excluding hydrogens is 209 g/mol. The minimum Gasteiger partial charge on any atom is -0.478 e. The number of nitrogens with zero attached hydrogens (tertiary/aromatic N) is 1. The van der Waals surface area contributed by atoms with Crippen LogP contribution in [-0.4, -0.2) is 24.2 Å². The quantitative estimate of drug-likeness (QED) is 0.837. The second-order valence-electron chi connectivity index (χ2n) is 3.55. The number of halogens is 1. The van der Waals surface area contributed by atoms with Gasteiger partial charge in [0.25, 0.3) is 0 Å². The van der Waals surface area contributed by atoms with Gasteiger partial charge in [-0.15, -0.1) is 0 Å². The van der Waals surface area contributed by atoms with Crippen molar-refractivity contribution in [3.63, 3.8) is 0 Å². The molecule has 1 aromatic carbocycles. The summed E-state index contributed by atoms with van der Waals surface area (Å²) in [5.41, 5.74) is 0.447. The Morgan fingerprint density at radius 2 is 2.12 bits per heavy atom. The van der Waals surface area contributed by atoms with Gasteiger partial charge in [0.05, 0.1) is 11.3 Å². The van der Waals surface area contributed by atoms with Crippen LogP contribution in [0.15, 0.2) is 18.2 Å². The number of carbonyl (C=O) groups is 1. The molecule has 88 valence electrons. The summed E-state index contributed by atoms with van der Waals surface area (Å²) in [5, 5.41) is 8.72. The zero-order chi connectivity index (χ0) is 12.1. The number of aromatic carboxylic acids is 1. The van der Waals surface area contributed by atoms with Crippen LogP contribution in [0.4, 0.5) is 10.1 Å². The van der Waals surface area contributed by atoms with Crippen molar-refractivity contribution in [1.29, 1.82) is 0 Å². The first-order valence-electron chi connectivity index (χ1n) is 5.38. The maximum absolute atomic E-state index is 13.7. The van der Waals surface area contributed by atoms with Gasteiger partial charge in [0.2, 0.25) is 0 Å². The lowest BCUT2D eigenvalue weighted by molar-refractivity contribution is 0.0696. The van der Waals surface area contributed by atoms with Crippen LogP contribution in [0.25, 0.3) is 0 Å². The molecule has 4 heteroatoms. The van der Waals surface area contributed by atoms with E-state index < -0.39 is 11.8 Å². The molecule has 0 unspecified atom stereocenters. The lowest BCUT2D eigenvalue weighted by Crippen LogP contribution is -2.24. The van der Waals surface area contributed by atoms with Crippen molar-refractivity contribution >= 4 is 11.7 Å². The van der Waals surface area contributed by atoms with E-state index in [1.165, 1.54) is 12.1 Å². The highest BCUT2D eigenvalue weighted by Crippen LogP contribution is 2.20. The average Bonchev–Trinajstić information content (AvgIpc) is 2.26. The number of hydrogen-bond donors (Lipinski definition) is 1. The van der Waals surface area contributed by atoms with Gasteiger partial charge in [-0.05, 0) is 31.5 Å². The van der Waals surface area contributed by atoms with Gasteiger partial charge in [-0.3, -0.25) is 0 Å². The summed E-state index contributed by atoms with van der Waals surface area (Å²) in [6.45, 7) is 5.43. The minimum atomic E-state index is -1.11. The maximum atomic E-state index is 13.7. The van der Waals surface area contributed by atoms with E-state index in [1.54, 1.807) is 0 Å². The smallest absolute Gasteiger partial charge is 0.335 e. The molecule has 0 spiro atoms. The van der Waals surface area contributed by atoms with E-state index >= 15 is 0 Å². The molecule has 0 saturated carbocycles. The Balaban J connectivity index is 3.01. The van der Waals surface area contributed by atoms with Crippen LogP contribution in [0.3, 0.4) is 0 Å². The van der Waals surface area contributed by atoms with E-state index in [0.717, 1.165) is 19.0 Å². The van der Waals surface area contributed by atoms with Crippen LogP contribution in [0.1, 0.15) is 30.6 Å². The van der Waals surface area contributed by atoms with Gasteiger partial charge < -0.3 is 10.0 Å². The van der Waals surface area contributed by atoms with Crippen LogP contribution >= 0.6 is 0 Å². The lowest BCUT2D eigenvalue weighted by atomic mass is 10.2. The maximum Gasteiger partial charge on any atom is 0.335 e. The minimum absolute atomic E-state index is 0.0196. The first-order valence-corrected chi connectivity index (χ1v) is 5.38. The molecule has 1 N–H and O–H groups in total. The molecule has 0 atom stereocenters. The highest BCUT2D eigenvalue weighted by molar-refractivity contribution is 5.88. The Labute approximate surface area is 94.5 Å². The number of benzene rings is 1. The van der Waals surface area contributed by atoms with Crippen LogP contribution < -0.4 is 4.90 Å². The van der Waals surface area contributed by atoms with Gasteiger partial charge in [0.1, 0.15) is 5.82 Å². The molecule has 0 bridgehead atoms. The Hall–Kier alpha value is -1.58. The normalized spacial score (nSPS) is 10.2. The number of carboxylic acids is 1. The van der Waals surface area contributed by atoms with Gasteiger partial charge in [0.15, 0.2) is 0 Å². The fourth-order valence-electron chi connectivity index (χ4n) is 1.62. The first kappa shape index (κ1) is 12.5. The average molecular weight is 225 g/mol. The molecule has 0 radical (unpaired) electrons. The molecule has 0 fully saturated rings. The van der Waals surface area contributed by atoms with E-state index in [1.807, 2.05) is 18.7 Å². The molecule has 0 aliphatic rings. The zero-order valence-corrected chi connectivity index (χ0v) is 9.53. The second-order valence-corrected chi connectivity index (χ2v) is 3.55. The third kappa shape index (κ3) is 2.72. The Morgan fingerprint density at radius 3 is 2.56 bits per heavy atom. The topological polar surface area (TPSA) is 40.5 Å². The van der Waals surface area contributed by atoms with Gasteiger partial charge in [0, 0.05) is 13.1 Å². The van der Waals surface area contributed by atoms with E-state index in [4.69, 9.17) is 5.11 Å². The third-order valence-electron chi connectivity index (χ3n) is 2.41. The predicted octanol–water partition coefficient (Wildman–Crippen LogP) is 2.76. The Kier molecular flexibility index (Phi) is 4.28. The zero-order valence-electron chi connectivity index (χ0n) is 9.53. The van der Waals surface area contributed by atoms with Gasteiger partial charge >= 0.3 is 5.97 Å². The lowest BCUT2D eigenvalue weighted by Gasteiger charge is -2.22. The molecule has 1 rings (SSSR count). The molecular formula is C12H16FNO2. The van der Waals surface area contributed by atoms with Gasteiger partial charge in [-0.1, -0.05) is 6.92 Å². The summed E-state index contributed by atoms with van der Waals surface area (Å²) in [6, 6.07) is 4.02. The van der Waals surface area contributed by atoms with E-state index in [-0.39, 0.29) is 5.56 Å². The van der Waals surface area contributed by atoms with Crippen LogP contribution in [0, 0.1) is 5.82 Å². The molecule has 1 aromatic rings. The molecule has 16 heavy (non-hydrogen) atoms. The van der Waals surface area contributed by atoms with Crippen LogP contribution in [0.5, 0.6) is 0 Å². The SMILES string of the molecule is CCCN(CC)c1ccc(C(=O)O)cc1F. The molecule has 0 heterocycles. The summed E-state index contributed by atoms with van der Waals surface area (Å²) in [4.78, 5) is 12.5. The molecule has 0 saturated heterocycles. The summed E-state index contributed by atoms with van der Waals surface area (Å²) < 4.78 is 13.7. The van der Waals surface area contributed by atoms with Crippen molar-refractivity contribution in [1.82, 2.24) is 0 Å². The Morgan fingerprint density at radius 1 is 1.44 bits per heavy atom. The number of anilines is 1. The molecule has 0 aromatic heterocycles. The summed E-state index contributed by atoms with van der Waals surface area (Å²) in [5.74, 6) is -1.58. The van der Waals surface area contributed by atoms with E-state index in [2.05, 4.69) is 0 Å². The Bertz CT molecular complexity index is 379. The van der Waals surface area contributed by atoms with Crippen molar-refractivity contribution in [3.8, 4) is 0 Å². The molecule has 0 aliphatic carbocycles. The van der Waals surface area contributed by atoms with E-state index in [0.29, 0.717) is 12.2 Å².